The van der Waals surface area contributed by atoms with E-state index in [4.69, 9.17) is 4.52 Å². The summed E-state index contributed by atoms with van der Waals surface area (Å²) in [6.07, 6.45) is 0. The smallest absolute Gasteiger partial charge is 0.230 e. The van der Waals surface area contributed by atoms with Gasteiger partial charge in [-0.05, 0) is 31.5 Å². The number of aromatic nitrogens is 1. The van der Waals surface area contributed by atoms with Gasteiger partial charge in [0.15, 0.2) is 0 Å². The van der Waals surface area contributed by atoms with Crippen molar-refractivity contribution >= 4 is 29.3 Å². The highest BCUT2D eigenvalue weighted by molar-refractivity contribution is 7.99. The van der Waals surface area contributed by atoms with Gasteiger partial charge in [-0.15, -0.1) is 11.8 Å². The molecular formula is C17H21N3O3S. The molecule has 2 N–H and O–H groups in total. The number of benzene rings is 1. The van der Waals surface area contributed by atoms with Crippen LogP contribution in [0.1, 0.15) is 29.5 Å². The number of rotatable bonds is 7. The molecule has 0 aliphatic carbocycles. The van der Waals surface area contributed by atoms with Crippen molar-refractivity contribution in [3.8, 4) is 0 Å². The first-order valence-electron chi connectivity index (χ1n) is 7.58. The summed E-state index contributed by atoms with van der Waals surface area (Å²) >= 11 is 1.53. The van der Waals surface area contributed by atoms with Crippen molar-refractivity contribution in [2.24, 2.45) is 0 Å². The number of nitrogens with one attached hydrogen (secondary N) is 2. The molecule has 0 saturated carbocycles. The van der Waals surface area contributed by atoms with Crippen LogP contribution < -0.4 is 10.6 Å². The summed E-state index contributed by atoms with van der Waals surface area (Å²) in [6, 6.07) is 7.41. The molecule has 0 atom stereocenters. The maximum Gasteiger partial charge on any atom is 0.230 e. The molecular weight excluding hydrogens is 326 g/mol. The second-order valence-corrected chi connectivity index (χ2v) is 6.44. The number of hydrogen-bond acceptors (Lipinski definition) is 5. The molecule has 0 spiro atoms. The van der Waals surface area contributed by atoms with Crippen molar-refractivity contribution in [1.29, 1.82) is 0 Å². The van der Waals surface area contributed by atoms with Crippen molar-refractivity contribution in [2.75, 3.05) is 11.1 Å². The Kier molecular flexibility index (Phi) is 6.43. The molecule has 0 bridgehead atoms. The van der Waals surface area contributed by atoms with Gasteiger partial charge in [0, 0.05) is 30.5 Å². The molecule has 0 aliphatic rings. The van der Waals surface area contributed by atoms with Crippen molar-refractivity contribution < 1.29 is 14.1 Å². The van der Waals surface area contributed by atoms with E-state index >= 15 is 0 Å². The predicted molar refractivity (Wildman–Crippen MR) is 94.7 cm³/mol. The lowest BCUT2D eigenvalue weighted by Crippen LogP contribution is -2.24. The minimum absolute atomic E-state index is 0.0308. The highest BCUT2D eigenvalue weighted by Crippen LogP contribution is 2.19. The third-order valence-electron chi connectivity index (χ3n) is 3.40. The zero-order valence-corrected chi connectivity index (χ0v) is 14.8. The second-order valence-electron chi connectivity index (χ2n) is 5.45. The highest BCUT2D eigenvalue weighted by Gasteiger charge is 2.10. The summed E-state index contributed by atoms with van der Waals surface area (Å²) in [7, 11) is 0. The van der Waals surface area contributed by atoms with Gasteiger partial charge < -0.3 is 15.2 Å². The van der Waals surface area contributed by atoms with E-state index in [-0.39, 0.29) is 11.8 Å². The Morgan fingerprint density at radius 3 is 2.75 bits per heavy atom. The van der Waals surface area contributed by atoms with Crippen molar-refractivity contribution in [1.82, 2.24) is 10.5 Å². The van der Waals surface area contributed by atoms with Crippen molar-refractivity contribution in [3.63, 3.8) is 0 Å². The summed E-state index contributed by atoms with van der Waals surface area (Å²) in [5.41, 5.74) is 3.58. The molecule has 24 heavy (non-hydrogen) atoms. The van der Waals surface area contributed by atoms with E-state index in [1.54, 1.807) is 0 Å². The van der Waals surface area contributed by atoms with Gasteiger partial charge in [0.05, 0.1) is 11.4 Å². The zero-order valence-electron chi connectivity index (χ0n) is 14.0. The second kappa shape index (κ2) is 8.54. The lowest BCUT2D eigenvalue weighted by atomic mass is 10.2. The monoisotopic (exact) mass is 347 g/mol. The number of carbonyl (C=O) groups excluding carboxylic acids is 2. The largest absolute Gasteiger partial charge is 0.361 e. The van der Waals surface area contributed by atoms with Crippen LogP contribution in [0.4, 0.5) is 5.69 Å². The molecule has 2 amide bonds. The van der Waals surface area contributed by atoms with Crippen LogP contribution in [-0.4, -0.2) is 22.7 Å². The minimum atomic E-state index is -0.119. The summed E-state index contributed by atoms with van der Waals surface area (Å²) in [4.78, 5) is 23.0. The van der Waals surface area contributed by atoms with Gasteiger partial charge in [-0.25, -0.2) is 0 Å². The summed E-state index contributed by atoms with van der Waals surface area (Å²) in [5, 5.41) is 9.50. The van der Waals surface area contributed by atoms with Crippen molar-refractivity contribution in [3.05, 3.63) is 46.8 Å². The third-order valence-corrected chi connectivity index (χ3v) is 4.36. The fraction of sp³-hybridized carbons (Fsp3) is 0.353. The lowest BCUT2D eigenvalue weighted by Gasteiger charge is -2.08. The van der Waals surface area contributed by atoms with Crippen LogP contribution in [0.15, 0.2) is 28.8 Å². The fourth-order valence-corrected chi connectivity index (χ4v) is 3.17. The van der Waals surface area contributed by atoms with Crippen LogP contribution >= 0.6 is 11.8 Å². The summed E-state index contributed by atoms with van der Waals surface area (Å²) < 4.78 is 5.10. The lowest BCUT2D eigenvalue weighted by molar-refractivity contribution is -0.118. The Bertz CT molecular complexity index is 708. The maximum absolute atomic E-state index is 11.9. The number of carbonyl (C=O) groups is 2. The molecule has 0 unspecified atom stereocenters. The Labute approximate surface area is 145 Å². The molecule has 128 valence electrons. The molecule has 0 saturated heterocycles. The quantitative estimate of drug-likeness (QED) is 0.804. The normalized spacial score (nSPS) is 10.5. The molecule has 0 fully saturated rings. The van der Waals surface area contributed by atoms with Gasteiger partial charge in [0.1, 0.15) is 5.76 Å². The zero-order chi connectivity index (χ0) is 17.5. The molecule has 7 heteroatoms. The first kappa shape index (κ1) is 18.1. The van der Waals surface area contributed by atoms with Gasteiger partial charge in [-0.3, -0.25) is 9.59 Å². The van der Waals surface area contributed by atoms with Crippen LogP contribution in [0.25, 0.3) is 0 Å². The number of anilines is 1. The van der Waals surface area contributed by atoms with Crippen LogP contribution in [0.2, 0.25) is 0 Å². The van der Waals surface area contributed by atoms with E-state index in [0.717, 1.165) is 28.3 Å². The molecule has 2 aromatic rings. The van der Waals surface area contributed by atoms with Gasteiger partial charge in [0.2, 0.25) is 11.8 Å². The number of thioether (sulfide) groups is 1. The first-order valence-corrected chi connectivity index (χ1v) is 8.74. The number of aryl methyl sites for hydroxylation is 2. The van der Waals surface area contributed by atoms with Gasteiger partial charge in [0.25, 0.3) is 0 Å². The standard InChI is InChI=1S/C17H21N3O3S/c1-11-16(12(2)23-20-11)9-24-10-17(22)18-8-14-5-4-6-15(7-14)19-13(3)21/h4-7H,8-10H2,1-3H3,(H,18,22)(H,19,21). The average molecular weight is 347 g/mol. The van der Waals surface area contributed by atoms with E-state index in [0.29, 0.717) is 18.1 Å². The first-order chi connectivity index (χ1) is 11.5. The fourth-order valence-electron chi connectivity index (χ4n) is 2.17. The molecule has 0 radical (unpaired) electrons. The number of hydrogen-bond donors (Lipinski definition) is 2. The topological polar surface area (TPSA) is 84.2 Å². The third kappa shape index (κ3) is 5.42. The SMILES string of the molecule is CC(=O)Nc1cccc(CNC(=O)CSCc2c(C)noc2C)c1. The van der Waals surface area contributed by atoms with Gasteiger partial charge in [-0.1, -0.05) is 17.3 Å². The maximum atomic E-state index is 11.9. The van der Waals surface area contributed by atoms with E-state index in [1.807, 2.05) is 38.1 Å². The average Bonchev–Trinajstić information content (AvgIpc) is 2.84. The Hall–Kier alpha value is -2.28. The van der Waals surface area contributed by atoms with Crippen LogP contribution in [0.5, 0.6) is 0 Å². The van der Waals surface area contributed by atoms with Gasteiger partial charge in [-0.2, -0.15) is 0 Å². The molecule has 0 aliphatic heterocycles. The van der Waals surface area contributed by atoms with Crippen LogP contribution in [0.3, 0.4) is 0 Å². The summed E-state index contributed by atoms with van der Waals surface area (Å²) in [5.74, 6) is 1.72. The minimum Gasteiger partial charge on any atom is -0.361 e. The van der Waals surface area contributed by atoms with Crippen LogP contribution in [-0.2, 0) is 21.9 Å². The van der Waals surface area contributed by atoms with E-state index in [9.17, 15) is 9.59 Å². The van der Waals surface area contributed by atoms with Crippen molar-refractivity contribution in [2.45, 2.75) is 33.1 Å². The number of nitrogens with zero attached hydrogens (tertiary/aromatic N) is 1. The highest BCUT2D eigenvalue weighted by atomic mass is 32.2. The Balaban J connectivity index is 1.76. The molecule has 6 nitrogen and oxygen atoms in total. The molecule has 1 aromatic heterocycles. The van der Waals surface area contributed by atoms with Gasteiger partial charge >= 0.3 is 0 Å². The van der Waals surface area contributed by atoms with E-state index in [1.165, 1.54) is 18.7 Å². The molecule has 2 rings (SSSR count). The Morgan fingerprint density at radius 2 is 2.08 bits per heavy atom. The Morgan fingerprint density at radius 1 is 1.29 bits per heavy atom. The predicted octanol–water partition coefficient (Wildman–Crippen LogP) is 2.80. The van der Waals surface area contributed by atoms with E-state index in [2.05, 4.69) is 15.8 Å². The molecule has 1 heterocycles. The van der Waals surface area contributed by atoms with E-state index < -0.39 is 0 Å². The summed E-state index contributed by atoms with van der Waals surface area (Å²) in [6.45, 7) is 5.66. The number of amides is 2. The molecule has 1 aromatic carbocycles. The van der Waals surface area contributed by atoms with Crippen LogP contribution in [0, 0.1) is 13.8 Å².